The second kappa shape index (κ2) is 9.52. The molecule has 1 N–H and O–H groups in total. The van der Waals surface area contributed by atoms with Crippen LogP contribution in [0.15, 0.2) is 71.3 Å². The number of anilines is 1. The van der Waals surface area contributed by atoms with Crippen LogP contribution in [0.2, 0.25) is 0 Å². The molecule has 0 aliphatic carbocycles. The lowest BCUT2D eigenvalue weighted by atomic mass is 10.2. The normalized spacial score (nSPS) is 10.7. The maximum atomic E-state index is 12.7. The molecule has 2 aromatic carbocycles. The van der Waals surface area contributed by atoms with Gasteiger partial charge in [0.05, 0.1) is 43.1 Å². The minimum absolute atomic E-state index is 0.107. The Balaban J connectivity index is 1.71. The molecular weight excluding hydrogens is 374 g/mol. The predicted molar refractivity (Wildman–Crippen MR) is 108 cm³/mol. The Hall–Kier alpha value is -3.65. The van der Waals surface area contributed by atoms with Crippen LogP contribution in [0.3, 0.4) is 0 Å². The zero-order valence-corrected chi connectivity index (χ0v) is 15.9. The number of carbonyl (C=O) groups excluding carboxylic acids is 1. The number of non-ortho nitro benzene ring substituents is 1. The number of hydrogen-bond acceptors (Lipinski definition) is 6. The molecule has 8 nitrogen and oxygen atoms in total. The van der Waals surface area contributed by atoms with Crippen molar-refractivity contribution < 1.29 is 18.9 Å². The summed E-state index contributed by atoms with van der Waals surface area (Å²) in [5.74, 6) is 0.717. The van der Waals surface area contributed by atoms with Gasteiger partial charge < -0.3 is 14.5 Å². The first kappa shape index (κ1) is 20.1. The number of benzene rings is 2. The third-order valence-corrected chi connectivity index (χ3v) is 4.25. The first-order valence-corrected chi connectivity index (χ1v) is 8.96. The smallest absolute Gasteiger partial charge is 0.273 e. The summed E-state index contributed by atoms with van der Waals surface area (Å²) in [5.41, 5.74) is 1.34. The number of rotatable bonds is 9. The van der Waals surface area contributed by atoms with E-state index in [0.717, 1.165) is 11.3 Å². The van der Waals surface area contributed by atoms with Crippen molar-refractivity contribution in [2.75, 3.05) is 19.0 Å². The van der Waals surface area contributed by atoms with Crippen LogP contribution in [-0.2, 0) is 17.9 Å². The summed E-state index contributed by atoms with van der Waals surface area (Å²) in [6.45, 7) is 1.13. The number of methoxy groups -OCH3 is 1. The minimum atomic E-state index is -0.515. The quantitative estimate of drug-likeness (QED) is 0.437. The summed E-state index contributed by atoms with van der Waals surface area (Å²) in [4.78, 5) is 25.0. The van der Waals surface area contributed by atoms with Gasteiger partial charge in [-0.05, 0) is 23.8 Å². The van der Waals surface area contributed by atoms with E-state index >= 15 is 0 Å². The fraction of sp³-hybridized carbons (Fsp3) is 0.190. The number of nitrogens with zero attached hydrogens (tertiary/aromatic N) is 2. The lowest BCUT2D eigenvalue weighted by Gasteiger charge is -2.21. The van der Waals surface area contributed by atoms with Gasteiger partial charge in [0.1, 0.15) is 11.5 Å². The van der Waals surface area contributed by atoms with Gasteiger partial charge in [-0.1, -0.05) is 30.3 Å². The number of nitro benzene ring substituents is 1. The van der Waals surface area contributed by atoms with Crippen LogP contribution >= 0.6 is 0 Å². The molecule has 0 saturated heterocycles. The fourth-order valence-electron chi connectivity index (χ4n) is 2.92. The van der Waals surface area contributed by atoms with E-state index in [0.29, 0.717) is 18.8 Å². The number of amides is 1. The molecule has 0 aliphatic heterocycles. The number of nitrogens with one attached hydrogen (secondary N) is 1. The molecule has 0 spiro atoms. The molecule has 1 heterocycles. The van der Waals surface area contributed by atoms with E-state index in [2.05, 4.69) is 5.32 Å². The van der Waals surface area contributed by atoms with E-state index in [1.165, 1.54) is 25.3 Å². The zero-order chi connectivity index (χ0) is 20.6. The van der Waals surface area contributed by atoms with Crippen LogP contribution in [-0.4, -0.2) is 29.4 Å². The molecule has 0 radical (unpaired) electrons. The van der Waals surface area contributed by atoms with Crippen molar-refractivity contribution in [2.24, 2.45) is 0 Å². The summed E-state index contributed by atoms with van der Waals surface area (Å²) in [7, 11) is 1.40. The maximum absolute atomic E-state index is 12.7. The molecule has 3 aromatic rings. The number of nitro groups is 1. The summed E-state index contributed by atoms with van der Waals surface area (Å²) >= 11 is 0. The Labute approximate surface area is 167 Å². The standard InChI is InChI=1S/C21H21N3O5/c1-28-20-12-17(24(26)27)9-10-19(20)22-21(25)15-23(14-18-8-5-11-29-18)13-16-6-3-2-4-7-16/h2-12H,13-15H2,1H3,(H,22,25). The highest BCUT2D eigenvalue weighted by molar-refractivity contribution is 5.93. The van der Waals surface area contributed by atoms with E-state index < -0.39 is 4.92 Å². The molecule has 3 rings (SSSR count). The number of carbonyl (C=O) groups is 1. The van der Waals surface area contributed by atoms with Crippen LogP contribution in [0, 0.1) is 10.1 Å². The van der Waals surface area contributed by atoms with Crippen molar-refractivity contribution in [2.45, 2.75) is 13.1 Å². The van der Waals surface area contributed by atoms with Crippen molar-refractivity contribution in [1.82, 2.24) is 4.90 Å². The molecule has 29 heavy (non-hydrogen) atoms. The Morgan fingerprint density at radius 3 is 2.59 bits per heavy atom. The van der Waals surface area contributed by atoms with Crippen LogP contribution < -0.4 is 10.1 Å². The molecule has 8 heteroatoms. The highest BCUT2D eigenvalue weighted by Gasteiger charge is 2.17. The van der Waals surface area contributed by atoms with E-state index in [1.807, 2.05) is 41.3 Å². The van der Waals surface area contributed by atoms with E-state index in [1.54, 1.807) is 12.3 Å². The van der Waals surface area contributed by atoms with Crippen molar-refractivity contribution in [1.29, 1.82) is 0 Å². The van der Waals surface area contributed by atoms with Gasteiger partial charge in [-0.25, -0.2) is 0 Å². The molecule has 0 bridgehead atoms. The third kappa shape index (κ3) is 5.66. The van der Waals surface area contributed by atoms with Gasteiger partial charge in [0, 0.05) is 12.6 Å². The van der Waals surface area contributed by atoms with Crippen molar-refractivity contribution in [3.8, 4) is 5.75 Å². The Morgan fingerprint density at radius 2 is 1.93 bits per heavy atom. The molecule has 1 amide bonds. The summed E-state index contributed by atoms with van der Waals surface area (Å²) in [6, 6.07) is 17.5. The summed E-state index contributed by atoms with van der Waals surface area (Å²) < 4.78 is 10.6. The SMILES string of the molecule is COc1cc([N+](=O)[O-])ccc1NC(=O)CN(Cc1ccccc1)Cc1ccco1. The second-order valence-electron chi connectivity index (χ2n) is 6.40. The molecule has 1 aromatic heterocycles. The lowest BCUT2D eigenvalue weighted by Crippen LogP contribution is -2.32. The Morgan fingerprint density at radius 1 is 1.14 bits per heavy atom. The predicted octanol–water partition coefficient (Wildman–Crippen LogP) is 3.84. The van der Waals surface area contributed by atoms with Gasteiger partial charge in [0.15, 0.2) is 0 Å². The summed E-state index contributed by atoms with van der Waals surface area (Å²) in [5, 5.41) is 13.7. The third-order valence-electron chi connectivity index (χ3n) is 4.25. The van der Waals surface area contributed by atoms with E-state index in [4.69, 9.17) is 9.15 Å². The molecule has 0 atom stereocenters. The van der Waals surface area contributed by atoms with Gasteiger partial charge in [0.25, 0.3) is 5.69 Å². The number of ether oxygens (including phenoxy) is 1. The van der Waals surface area contributed by atoms with Crippen LogP contribution in [0.5, 0.6) is 5.75 Å². The largest absolute Gasteiger partial charge is 0.494 e. The first-order valence-electron chi connectivity index (χ1n) is 8.96. The average molecular weight is 395 g/mol. The van der Waals surface area contributed by atoms with Gasteiger partial charge >= 0.3 is 0 Å². The molecule has 0 aliphatic rings. The van der Waals surface area contributed by atoms with Crippen molar-refractivity contribution in [3.63, 3.8) is 0 Å². The molecule has 0 fully saturated rings. The molecular formula is C21H21N3O5. The van der Waals surface area contributed by atoms with E-state index in [9.17, 15) is 14.9 Å². The lowest BCUT2D eigenvalue weighted by molar-refractivity contribution is -0.384. The zero-order valence-electron chi connectivity index (χ0n) is 15.9. The maximum Gasteiger partial charge on any atom is 0.273 e. The van der Waals surface area contributed by atoms with Crippen LogP contribution in [0.1, 0.15) is 11.3 Å². The van der Waals surface area contributed by atoms with Gasteiger partial charge in [-0.3, -0.25) is 19.8 Å². The van der Waals surface area contributed by atoms with Crippen molar-refractivity contribution >= 4 is 17.3 Å². The summed E-state index contributed by atoms with van der Waals surface area (Å²) in [6.07, 6.45) is 1.60. The monoisotopic (exact) mass is 395 g/mol. The second-order valence-corrected chi connectivity index (χ2v) is 6.40. The highest BCUT2D eigenvalue weighted by Crippen LogP contribution is 2.29. The van der Waals surface area contributed by atoms with Gasteiger partial charge in [-0.2, -0.15) is 0 Å². The minimum Gasteiger partial charge on any atom is -0.494 e. The number of furan rings is 1. The van der Waals surface area contributed by atoms with Crippen molar-refractivity contribution in [3.05, 3.63) is 88.4 Å². The average Bonchev–Trinajstić information content (AvgIpc) is 3.21. The molecule has 0 saturated carbocycles. The van der Waals surface area contributed by atoms with E-state index in [-0.39, 0.29) is 23.9 Å². The van der Waals surface area contributed by atoms with Crippen LogP contribution in [0.4, 0.5) is 11.4 Å². The Bertz CT molecular complexity index is 958. The first-order chi connectivity index (χ1) is 14.0. The molecule has 150 valence electrons. The Kier molecular flexibility index (Phi) is 6.59. The fourth-order valence-corrected chi connectivity index (χ4v) is 2.92. The number of hydrogen-bond donors (Lipinski definition) is 1. The molecule has 0 unspecified atom stereocenters. The van der Waals surface area contributed by atoms with Crippen LogP contribution in [0.25, 0.3) is 0 Å². The topological polar surface area (TPSA) is 97.8 Å². The van der Waals surface area contributed by atoms with Gasteiger partial charge in [-0.15, -0.1) is 0 Å². The van der Waals surface area contributed by atoms with Gasteiger partial charge in [0.2, 0.25) is 5.91 Å². The highest BCUT2D eigenvalue weighted by atomic mass is 16.6.